The molecule has 26 heavy (non-hydrogen) atoms. The van der Waals surface area contributed by atoms with Gasteiger partial charge in [0, 0.05) is 38.4 Å². The van der Waals surface area contributed by atoms with Crippen LogP contribution in [0.3, 0.4) is 0 Å². The second-order valence-corrected chi connectivity index (χ2v) is 8.91. The number of aromatic nitrogens is 2. The summed E-state index contributed by atoms with van der Waals surface area (Å²) >= 11 is 0. The van der Waals surface area contributed by atoms with Gasteiger partial charge in [0.05, 0.1) is 24.9 Å². The molecule has 0 aliphatic carbocycles. The number of nitrogens with zero attached hydrogens (tertiary/aromatic N) is 4. The van der Waals surface area contributed by atoms with Gasteiger partial charge in [0.1, 0.15) is 0 Å². The molecule has 1 aromatic carbocycles. The molecule has 8 heteroatoms. The summed E-state index contributed by atoms with van der Waals surface area (Å²) in [6.45, 7) is 5.50. The van der Waals surface area contributed by atoms with Crippen LogP contribution >= 0.6 is 0 Å². The largest absolute Gasteiger partial charge is 0.373 e. The summed E-state index contributed by atoms with van der Waals surface area (Å²) in [5.41, 5.74) is 2.01. The van der Waals surface area contributed by atoms with Crippen molar-refractivity contribution in [3.05, 3.63) is 53.9 Å². The van der Waals surface area contributed by atoms with Crippen LogP contribution in [0.1, 0.15) is 25.0 Å². The quantitative estimate of drug-likeness (QED) is 0.768. The van der Waals surface area contributed by atoms with Crippen molar-refractivity contribution in [2.75, 3.05) is 20.1 Å². The molecule has 0 bridgehead atoms. The molecule has 0 saturated carbocycles. The van der Waals surface area contributed by atoms with Gasteiger partial charge >= 0.3 is 0 Å². The Labute approximate surface area is 155 Å². The normalized spacial score (nSPS) is 22.0. The molecule has 3 rings (SSSR count). The molecule has 2 atom stereocenters. The second-order valence-electron chi connectivity index (χ2n) is 6.87. The molecule has 0 amide bonds. The minimum atomic E-state index is -3.53. The highest BCUT2D eigenvalue weighted by Crippen LogP contribution is 2.18. The highest BCUT2D eigenvalue weighted by atomic mass is 32.2. The van der Waals surface area contributed by atoms with Crippen molar-refractivity contribution in [1.29, 1.82) is 0 Å². The monoisotopic (exact) mass is 378 g/mol. The molecule has 0 N–H and O–H groups in total. The fraction of sp³-hybridized carbons (Fsp3) is 0.500. The number of hydrogen-bond donors (Lipinski definition) is 0. The number of benzene rings is 1. The Morgan fingerprint density at radius 3 is 2.46 bits per heavy atom. The molecular formula is C18H26N4O3S. The van der Waals surface area contributed by atoms with Gasteiger partial charge in [0.15, 0.2) is 0 Å². The SMILES string of the molecule is CC1CN(S(=O)(=O)N(C)Cc2cnn(Cc3ccccc3)c2)CC(C)O1. The Morgan fingerprint density at radius 2 is 1.81 bits per heavy atom. The van der Waals surface area contributed by atoms with Crippen molar-refractivity contribution in [3.63, 3.8) is 0 Å². The van der Waals surface area contributed by atoms with E-state index in [0.717, 1.165) is 11.1 Å². The minimum Gasteiger partial charge on any atom is -0.373 e. The van der Waals surface area contributed by atoms with Crippen molar-refractivity contribution in [2.24, 2.45) is 0 Å². The van der Waals surface area contributed by atoms with E-state index in [9.17, 15) is 8.42 Å². The molecule has 1 aliphatic heterocycles. The second kappa shape index (κ2) is 7.87. The molecule has 0 spiro atoms. The van der Waals surface area contributed by atoms with E-state index >= 15 is 0 Å². The average Bonchev–Trinajstić information content (AvgIpc) is 3.01. The summed E-state index contributed by atoms with van der Waals surface area (Å²) in [7, 11) is -1.92. The summed E-state index contributed by atoms with van der Waals surface area (Å²) in [5.74, 6) is 0. The Kier molecular flexibility index (Phi) is 5.76. The number of morpholine rings is 1. The van der Waals surface area contributed by atoms with E-state index in [1.807, 2.05) is 55.1 Å². The van der Waals surface area contributed by atoms with Crippen LogP contribution in [0.15, 0.2) is 42.7 Å². The summed E-state index contributed by atoms with van der Waals surface area (Å²) in [6.07, 6.45) is 3.41. The average molecular weight is 378 g/mol. The van der Waals surface area contributed by atoms with Crippen molar-refractivity contribution in [2.45, 2.75) is 39.1 Å². The third kappa shape index (κ3) is 4.50. The van der Waals surface area contributed by atoms with Gasteiger partial charge in [-0.1, -0.05) is 30.3 Å². The van der Waals surface area contributed by atoms with Gasteiger partial charge in [-0.3, -0.25) is 4.68 Å². The van der Waals surface area contributed by atoms with E-state index < -0.39 is 10.2 Å². The maximum atomic E-state index is 12.8. The number of ether oxygens (including phenoxy) is 1. The molecular weight excluding hydrogens is 352 g/mol. The Balaban J connectivity index is 1.65. The third-order valence-electron chi connectivity index (χ3n) is 4.39. The molecule has 1 aromatic heterocycles. The van der Waals surface area contributed by atoms with Gasteiger partial charge in [0.25, 0.3) is 10.2 Å². The van der Waals surface area contributed by atoms with Crippen molar-refractivity contribution in [1.82, 2.24) is 18.4 Å². The Morgan fingerprint density at radius 1 is 1.15 bits per heavy atom. The molecule has 0 radical (unpaired) electrons. The molecule has 2 aromatic rings. The van der Waals surface area contributed by atoms with E-state index in [4.69, 9.17) is 4.74 Å². The molecule has 7 nitrogen and oxygen atoms in total. The molecule has 2 heterocycles. The summed E-state index contributed by atoms with van der Waals surface area (Å²) in [4.78, 5) is 0. The zero-order chi connectivity index (χ0) is 18.7. The lowest BCUT2D eigenvalue weighted by Crippen LogP contribution is -2.52. The zero-order valence-corrected chi connectivity index (χ0v) is 16.3. The van der Waals surface area contributed by atoms with Crippen LogP contribution in [0.5, 0.6) is 0 Å². The van der Waals surface area contributed by atoms with Crippen LogP contribution in [-0.2, 0) is 28.0 Å². The standard InChI is InChI=1S/C18H26N4O3S/c1-15-10-22(11-16(2)25-15)26(23,24)20(3)12-18-9-19-21(14-18)13-17-7-5-4-6-8-17/h4-9,14-16H,10-13H2,1-3H3. The van der Waals surface area contributed by atoms with Crippen LogP contribution in [-0.4, -0.2) is 59.2 Å². The fourth-order valence-electron chi connectivity index (χ4n) is 3.20. The molecule has 2 unspecified atom stereocenters. The van der Waals surface area contributed by atoms with Gasteiger partial charge in [-0.05, 0) is 19.4 Å². The minimum absolute atomic E-state index is 0.101. The molecule has 142 valence electrons. The van der Waals surface area contributed by atoms with E-state index in [2.05, 4.69) is 5.10 Å². The van der Waals surface area contributed by atoms with Gasteiger partial charge < -0.3 is 4.74 Å². The Bertz CT molecular complexity index is 812. The zero-order valence-electron chi connectivity index (χ0n) is 15.4. The van der Waals surface area contributed by atoms with Crippen LogP contribution < -0.4 is 0 Å². The van der Waals surface area contributed by atoms with Crippen LogP contribution in [0.2, 0.25) is 0 Å². The first-order valence-corrected chi connectivity index (χ1v) is 10.2. The maximum Gasteiger partial charge on any atom is 0.282 e. The summed E-state index contributed by atoms with van der Waals surface area (Å²) < 4.78 is 36.0. The highest BCUT2D eigenvalue weighted by Gasteiger charge is 2.33. The lowest BCUT2D eigenvalue weighted by atomic mass is 10.2. The van der Waals surface area contributed by atoms with Crippen LogP contribution in [0.25, 0.3) is 0 Å². The molecule has 1 fully saturated rings. The predicted molar refractivity (Wildman–Crippen MR) is 99.7 cm³/mol. The predicted octanol–water partition coefficient (Wildman–Crippen LogP) is 1.72. The number of rotatable bonds is 6. The first-order chi connectivity index (χ1) is 12.3. The first kappa shape index (κ1) is 19.0. The highest BCUT2D eigenvalue weighted by molar-refractivity contribution is 7.86. The van der Waals surface area contributed by atoms with Crippen LogP contribution in [0, 0.1) is 0 Å². The smallest absolute Gasteiger partial charge is 0.282 e. The van der Waals surface area contributed by atoms with Crippen molar-refractivity contribution >= 4 is 10.2 Å². The van der Waals surface area contributed by atoms with Gasteiger partial charge in [-0.2, -0.15) is 22.1 Å². The van der Waals surface area contributed by atoms with Gasteiger partial charge in [-0.15, -0.1) is 0 Å². The van der Waals surface area contributed by atoms with E-state index in [1.165, 1.54) is 8.61 Å². The maximum absolute atomic E-state index is 12.8. The topological polar surface area (TPSA) is 67.7 Å². The summed E-state index contributed by atoms with van der Waals surface area (Å²) in [5, 5.41) is 4.34. The van der Waals surface area contributed by atoms with E-state index in [-0.39, 0.29) is 18.8 Å². The van der Waals surface area contributed by atoms with Crippen molar-refractivity contribution < 1.29 is 13.2 Å². The summed E-state index contributed by atoms with van der Waals surface area (Å²) in [6, 6.07) is 10.0. The van der Waals surface area contributed by atoms with Crippen LogP contribution in [0.4, 0.5) is 0 Å². The fourth-order valence-corrected chi connectivity index (χ4v) is 4.70. The lowest BCUT2D eigenvalue weighted by Gasteiger charge is -2.36. The molecule has 1 saturated heterocycles. The Hall–Kier alpha value is -1.74. The van der Waals surface area contributed by atoms with E-state index in [0.29, 0.717) is 19.6 Å². The first-order valence-electron chi connectivity index (χ1n) is 8.76. The van der Waals surface area contributed by atoms with Crippen molar-refractivity contribution in [3.8, 4) is 0 Å². The lowest BCUT2D eigenvalue weighted by molar-refractivity contribution is -0.0453. The van der Waals surface area contributed by atoms with E-state index in [1.54, 1.807) is 13.2 Å². The van der Waals surface area contributed by atoms with Gasteiger partial charge in [0.2, 0.25) is 0 Å². The number of hydrogen-bond acceptors (Lipinski definition) is 4. The van der Waals surface area contributed by atoms with Gasteiger partial charge in [-0.25, -0.2) is 0 Å². The third-order valence-corrected chi connectivity index (χ3v) is 6.25. The molecule has 1 aliphatic rings.